The third-order valence-electron chi connectivity index (χ3n) is 4.19. The number of carbonyl (C=O) groups is 2. The SMILES string of the molecule is Cc1ccc(S(=O)(=O)N(C)c2ccc(C(=O)OCC(=O)Nc3ccon3)cc2)cc1. The van der Waals surface area contributed by atoms with Crippen molar-refractivity contribution in [2.45, 2.75) is 11.8 Å². The Bertz CT molecular complexity index is 1120. The number of carbonyl (C=O) groups excluding carboxylic acids is 2. The first-order valence-electron chi connectivity index (χ1n) is 8.80. The van der Waals surface area contributed by atoms with E-state index in [0.29, 0.717) is 5.69 Å². The predicted octanol–water partition coefficient (Wildman–Crippen LogP) is 2.60. The zero-order chi connectivity index (χ0) is 21.7. The Morgan fingerprint density at radius 3 is 2.33 bits per heavy atom. The highest BCUT2D eigenvalue weighted by Gasteiger charge is 2.21. The van der Waals surface area contributed by atoms with Gasteiger partial charge < -0.3 is 14.6 Å². The summed E-state index contributed by atoms with van der Waals surface area (Å²) in [7, 11) is -2.31. The molecule has 0 aliphatic carbocycles. The highest BCUT2D eigenvalue weighted by molar-refractivity contribution is 7.92. The van der Waals surface area contributed by atoms with Crippen molar-refractivity contribution >= 4 is 33.4 Å². The summed E-state index contributed by atoms with van der Waals surface area (Å²) in [5.74, 6) is -1.09. The van der Waals surface area contributed by atoms with Crippen molar-refractivity contribution in [3.05, 3.63) is 72.0 Å². The summed E-state index contributed by atoms with van der Waals surface area (Å²) in [4.78, 5) is 24.0. The van der Waals surface area contributed by atoms with E-state index in [1.807, 2.05) is 6.92 Å². The van der Waals surface area contributed by atoms with Crippen molar-refractivity contribution in [3.8, 4) is 0 Å². The fourth-order valence-corrected chi connectivity index (χ4v) is 3.68. The van der Waals surface area contributed by atoms with Gasteiger partial charge in [-0.25, -0.2) is 13.2 Å². The molecule has 3 rings (SSSR count). The molecule has 0 saturated heterocycles. The smallest absolute Gasteiger partial charge is 0.338 e. The molecule has 0 bridgehead atoms. The van der Waals surface area contributed by atoms with E-state index in [0.717, 1.165) is 9.87 Å². The minimum Gasteiger partial charge on any atom is -0.452 e. The predicted molar refractivity (Wildman–Crippen MR) is 109 cm³/mol. The summed E-state index contributed by atoms with van der Waals surface area (Å²) >= 11 is 0. The normalized spacial score (nSPS) is 11.0. The highest BCUT2D eigenvalue weighted by atomic mass is 32.2. The Morgan fingerprint density at radius 2 is 1.73 bits per heavy atom. The Kier molecular flexibility index (Phi) is 6.17. The summed E-state index contributed by atoms with van der Waals surface area (Å²) in [6.07, 6.45) is 1.29. The van der Waals surface area contributed by atoms with Gasteiger partial charge in [0.25, 0.3) is 15.9 Å². The van der Waals surface area contributed by atoms with Crippen LogP contribution in [0.1, 0.15) is 15.9 Å². The molecule has 0 fully saturated rings. The minimum atomic E-state index is -3.74. The van der Waals surface area contributed by atoms with Gasteiger partial charge in [-0.2, -0.15) is 0 Å². The van der Waals surface area contributed by atoms with E-state index in [1.165, 1.54) is 55.8 Å². The van der Waals surface area contributed by atoms with Crippen LogP contribution in [0.5, 0.6) is 0 Å². The molecule has 0 radical (unpaired) electrons. The van der Waals surface area contributed by atoms with Gasteiger partial charge in [-0.05, 0) is 43.3 Å². The molecular weight excluding hydrogens is 410 g/mol. The summed E-state index contributed by atoms with van der Waals surface area (Å²) < 4.78 is 36.1. The molecule has 0 aliphatic rings. The molecule has 9 nitrogen and oxygen atoms in total. The van der Waals surface area contributed by atoms with Crippen LogP contribution < -0.4 is 9.62 Å². The molecule has 10 heteroatoms. The number of nitrogens with zero attached hydrogens (tertiary/aromatic N) is 2. The third kappa shape index (κ3) is 4.84. The molecule has 156 valence electrons. The van der Waals surface area contributed by atoms with Crippen LogP contribution in [-0.2, 0) is 19.6 Å². The molecule has 1 aromatic heterocycles. The topological polar surface area (TPSA) is 119 Å². The first-order valence-corrected chi connectivity index (χ1v) is 10.2. The maximum absolute atomic E-state index is 12.7. The fourth-order valence-electron chi connectivity index (χ4n) is 2.48. The van der Waals surface area contributed by atoms with Crippen LogP contribution in [0.15, 0.2) is 70.3 Å². The van der Waals surface area contributed by atoms with Crippen molar-refractivity contribution in [2.75, 3.05) is 23.3 Å². The molecule has 30 heavy (non-hydrogen) atoms. The molecule has 1 heterocycles. The van der Waals surface area contributed by atoms with Crippen molar-refractivity contribution in [1.82, 2.24) is 5.16 Å². The number of nitrogens with one attached hydrogen (secondary N) is 1. The molecule has 2 aromatic carbocycles. The van der Waals surface area contributed by atoms with Crippen molar-refractivity contribution in [3.63, 3.8) is 0 Å². The van der Waals surface area contributed by atoms with Crippen LogP contribution in [-0.4, -0.2) is 39.1 Å². The highest BCUT2D eigenvalue weighted by Crippen LogP contribution is 2.23. The minimum absolute atomic E-state index is 0.164. The number of aromatic nitrogens is 1. The number of rotatable bonds is 7. The lowest BCUT2D eigenvalue weighted by atomic mass is 10.2. The van der Waals surface area contributed by atoms with Gasteiger partial charge in [0.05, 0.1) is 16.1 Å². The summed E-state index contributed by atoms with van der Waals surface area (Å²) in [5, 5.41) is 5.91. The van der Waals surface area contributed by atoms with Gasteiger partial charge in [-0.3, -0.25) is 9.10 Å². The largest absolute Gasteiger partial charge is 0.452 e. The van der Waals surface area contributed by atoms with E-state index in [1.54, 1.807) is 12.1 Å². The van der Waals surface area contributed by atoms with Crippen molar-refractivity contribution in [1.29, 1.82) is 0 Å². The number of hydrogen-bond donors (Lipinski definition) is 1. The zero-order valence-corrected chi connectivity index (χ0v) is 17.0. The maximum Gasteiger partial charge on any atom is 0.338 e. The molecule has 1 N–H and O–H groups in total. The first kappa shape index (κ1) is 21.1. The van der Waals surface area contributed by atoms with E-state index in [2.05, 4.69) is 15.0 Å². The number of benzene rings is 2. The van der Waals surface area contributed by atoms with E-state index >= 15 is 0 Å². The molecule has 0 atom stereocenters. The molecular formula is C20H19N3O6S. The third-order valence-corrected chi connectivity index (χ3v) is 5.99. The average Bonchev–Trinajstić information content (AvgIpc) is 3.25. The van der Waals surface area contributed by atoms with Crippen LogP contribution in [0, 0.1) is 6.92 Å². The van der Waals surface area contributed by atoms with E-state index in [9.17, 15) is 18.0 Å². The fraction of sp³-hybridized carbons (Fsp3) is 0.150. The van der Waals surface area contributed by atoms with Gasteiger partial charge in [0.15, 0.2) is 12.4 Å². The number of aryl methyl sites for hydroxylation is 1. The van der Waals surface area contributed by atoms with E-state index in [4.69, 9.17) is 4.74 Å². The number of hydrogen-bond acceptors (Lipinski definition) is 7. The molecule has 0 spiro atoms. The lowest BCUT2D eigenvalue weighted by molar-refractivity contribution is -0.119. The molecule has 0 unspecified atom stereocenters. The maximum atomic E-state index is 12.7. The number of sulfonamides is 1. The number of ether oxygens (including phenoxy) is 1. The monoisotopic (exact) mass is 429 g/mol. The Hall–Kier alpha value is -3.66. The van der Waals surface area contributed by atoms with E-state index < -0.39 is 28.5 Å². The summed E-state index contributed by atoms with van der Waals surface area (Å²) in [6.45, 7) is 1.37. The number of anilines is 2. The standard InChI is InChI=1S/C20H19N3O6S/c1-14-3-9-17(10-4-14)30(26,27)23(2)16-7-5-15(6-8-16)20(25)28-13-19(24)21-18-11-12-29-22-18/h3-12H,13H2,1-2H3,(H,21,22,24). The van der Waals surface area contributed by atoms with Crippen LogP contribution in [0.4, 0.5) is 11.5 Å². The van der Waals surface area contributed by atoms with Crippen LogP contribution in [0.25, 0.3) is 0 Å². The quantitative estimate of drug-likeness (QED) is 0.573. The van der Waals surface area contributed by atoms with Crippen LogP contribution >= 0.6 is 0 Å². The second kappa shape index (κ2) is 8.78. The second-order valence-electron chi connectivity index (χ2n) is 6.34. The van der Waals surface area contributed by atoms with Gasteiger partial charge in [0.2, 0.25) is 0 Å². The molecule has 0 saturated carbocycles. The molecule has 3 aromatic rings. The Balaban J connectivity index is 1.62. The van der Waals surface area contributed by atoms with Gasteiger partial charge >= 0.3 is 5.97 Å². The summed E-state index contributed by atoms with van der Waals surface area (Å²) in [6, 6.07) is 13.8. The number of esters is 1. The van der Waals surface area contributed by atoms with E-state index in [-0.39, 0.29) is 16.3 Å². The number of amides is 1. The lowest BCUT2D eigenvalue weighted by Gasteiger charge is -2.19. The van der Waals surface area contributed by atoms with Crippen molar-refractivity contribution < 1.29 is 27.3 Å². The molecule has 0 aliphatic heterocycles. The van der Waals surface area contributed by atoms with Gasteiger partial charge in [0.1, 0.15) is 6.26 Å². The van der Waals surface area contributed by atoms with Gasteiger partial charge in [0, 0.05) is 13.1 Å². The Labute approximate surface area is 173 Å². The van der Waals surface area contributed by atoms with Crippen LogP contribution in [0.3, 0.4) is 0 Å². The second-order valence-corrected chi connectivity index (χ2v) is 8.31. The van der Waals surface area contributed by atoms with Gasteiger partial charge in [-0.15, -0.1) is 0 Å². The Morgan fingerprint density at radius 1 is 1.07 bits per heavy atom. The average molecular weight is 429 g/mol. The zero-order valence-electron chi connectivity index (χ0n) is 16.2. The first-order chi connectivity index (χ1) is 14.3. The van der Waals surface area contributed by atoms with Gasteiger partial charge in [-0.1, -0.05) is 22.9 Å². The molecule has 1 amide bonds. The summed E-state index contributed by atoms with van der Waals surface area (Å²) in [5.41, 5.74) is 1.50. The van der Waals surface area contributed by atoms with Crippen LogP contribution in [0.2, 0.25) is 0 Å². The van der Waals surface area contributed by atoms with Crippen molar-refractivity contribution in [2.24, 2.45) is 0 Å². The lowest BCUT2D eigenvalue weighted by Crippen LogP contribution is -2.26.